The number of nitrogens with zero attached hydrogens (tertiary/aromatic N) is 2. The first-order chi connectivity index (χ1) is 6.57. The SMILES string of the molecule is N#CCc1ncc(N)c(C(F)F)c1N. The van der Waals surface area contributed by atoms with Crippen molar-refractivity contribution in [3.8, 4) is 6.07 Å². The molecule has 0 aliphatic carbocycles. The van der Waals surface area contributed by atoms with Crippen LogP contribution >= 0.6 is 0 Å². The summed E-state index contributed by atoms with van der Waals surface area (Å²) in [6.45, 7) is 0. The Labute approximate surface area is 79.1 Å². The number of nitrogens with two attached hydrogens (primary N) is 2. The Morgan fingerprint density at radius 2 is 2.14 bits per heavy atom. The summed E-state index contributed by atoms with van der Waals surface area (Å²) in [5.41, 5.74) is 10.0. The highest BCUT2D eigenvalue weighted by molar-refractivity contribution is 5.63. The fourth-order valence-corrected chi connectivity index (χ4v) is 1.06. The zero-order chi connectivity index (χ0) is 10.7. The van der Waals surface area contributed by atoms with Crippen LogP contribution in [0.15, 0.2) is 6.20 Å². The predicted octanol–water partition coefficient (Wildman–Crippen LogP) is 1.25. The fraction of sp³-hybridized carbons (Fsp3) is 0.250. The normalized spacial score (nSPS) is 10.1. The third kappa shape index (κ3) is 1.71. The molecule has 0 unspecified atom stereocenters. The van der Waals surface area contributed by atoms with Crippen molar-refractivity contribution in [2.75, 3.05) is 11.5 Å². The Morgan fingerprint density at radius 1 is 1.50 bits per heavy atom. The summed E-state index contributed by atoms with van der Waals surface area (Å²) < 4.78 is 24.9. The van der Waals surface area contributed by atoms with Gasteiger partial charge < -0.3 is 11.5 Å². The largest absolute Gasteiger partial charge is 0.397 e. The highest BCUT2D eigenvalue weighted by Gasteiger charge is 2.18. The zero-order valence-electron chi connectivity index (χ0n) is 7.17. The predicted molar refractivity (Wildman–Crippen MR) is 47.3 cm³/mol. The van der Waals surface area contributed by atoms with Crippen molar-refractivity contribution in [2.45, 2.75) is 12.8 Å². The number of hydrogen-bond acceptors (Lipinski definition) is 4. The van der Waals surface area contributed by atoms with Crippen molar-refractivity contribution in [3.63, 3.8) is 0 Å². The first-order valence-corrected chi connectivity index (χ1v) is 3.75. The van der Waals surface area contributed by atoms with Gasteiger partial charge in [0, 0.05) is 0 Å². The van der Waals surface area contributed by atoms with Crippen molar-refractivity contribution in [2.24, 2.45) is 0 Å². The Hall–Kier alpha value is -1.90. The van der Waals surface area contributed by atoms with Crippen molar-refractivity contribution in [3.05, 3.63) is 17.5 Å². The van der Waals surface area contributed by atoms with Crippen LogP contribution in [-0.2, 0) is 6.42 Å². The maximum atomic E-state index is 12.4. The van der Waals surface area contributed by atoms with Crippen molar-refractivity contribution >= 4 is 11.4 Å². The van der Waals surface area contributed by atoms with Crippen molar-refractivity contribution in [1.82, 2.24) is 4.98 Å². The van der Waals surface area contributed by atoms with Gasteiger partial charge in [0.05, 0.1) is 41.3 Å². The minimum atomic E-state index is -2.75. The lowest BCUT2D eigenvalue weighted by atomic mass is 10.1. The summed E-state index contributed by atoms with van der Waals surface area (Å²) in [7, 11) is 0. The first kappa shape index (κ1) is 10.2. The lowest BCUT2D eigenvalue weighted by Gasteiger charge is -2.09. The van der Waals surface area contributed by atoms with Gasteiger partial charge in [0.2, 0.25) is 0 Å². The minimum absolute atomic E-state index is 0.105. The summed E-state index contributed by atoms with van der Waals surface area (Å²) in [4.78, 5) is 3.70. The van der Waals surface area contributed by atoms with Gasteiger partial charge in [0.1, 0.15) is 0 Å². The van der Waals surface area contributed by atoms with Crippen LogP contribution in [0.1, 0.15) is 17.7 Å². The van der Waals surface area contributed by atoms with Crippen LogP contribution in [0.25, 0.3) is 0 Å². The molecule has 4 nitrogen and oxygen atoms in total. The van der Waals surface area contributed by atoms with E-state index in [1.54, 1.807) is 6.07 Å². The monoisotopic (exact) mass is 198 g/mol. The molecule has 0 aliphatic rings. The van der Waals surface area contributed by atoms with E-state index in [4.69, 9.17) is 16.7 Å². The van der Waals surface area contributed by atoms with E-state index in [0.29, 0.717) is 0 Å². The molecule has 0 fully saturated rings. The van der Waals surface area contributed by atoms with E-state index in [0.717, 1.165) is 6.20 Å². The molecule has 0 saturated carbocycles. The van der Waals surface area contributed by atoms with Crippen LogP contribution in [0.4, 0.5) is 20.2 Å². The second kappa shape index (κ2) is 3.87. The molecule has 0 saturated heterocycles. The van der Waals surface area contributed by atoms with Gasteiger partial charge in [-0.2, -0.15) is 5.26 Å². The molecule has 0 aliphatic heterocycles. The van der Waals surface area contributed by atoms with Gasteiger partial charge in [-0.05, 0) is 0 Å². The number of alkyl halides is 2. The number of aromatic nitrogens is 1. The highest BCUT2D eigenvalue weighted by atomic mass is 19.3. The van der Waals surface area contributed by atoms with E-state index in [1.807, 2.05) is 0 Å². The van der Waals surface area contributed by atoms with Crippen LogP contribution in [0, 0.1) is 11.3 Å². The van der Waals surface area contributed by atoms with Gasteiger partial charge in [-0.25, -0.2) is 8.78 Å². The van der Waals surface area contributed by atoms with E-state index in [2.05, 4.69) is 4.98 Å². The van der Waals surface area contributed by atoms with E-state index in [9.17, 15) is 8.78 Å². The van der Waals surface area contributed by atoms with E-state index in [1.165, 1.54) is 0 Å². The van der Waals surface area contributed by atoms with Crippen LogP contribution < -0.4 is 11.5 Å². The van der Waals surface area contributed by atoms with Crippen LogP contribution in [-0.4, -0.2) is 4.98 Å². The summed E-state index contributed by atoms with van der Waals surface area (Å²) >= 11 is 0. The number of hydrogen-bond donors (Lipinski definition) is 2. The van der Waals surface area contributed by atoms with E-state index in [-0.39, 0.29) is 23.5 Å². The summed E-state index contributed by atoms with van der Waals surface area (Å²) in [6.07, 6.45) is -1.77. The lowest BCUT2D eigenvalue weighted by molar-refractivity contribution is 0.153. The molecule has 0 aromatic carbocycles. The number of rotatable bonds is 2. The summed E-state index contributed by atoms with van der Waals surface area (Å²) in [6, 6.07) is 1.78. The van der Waals surface area contributed by atoms with Crippen LogP contribution in [0.5, 0.6) is 0 Å². The molecule has 1 rings (SSSR count). The molecule has 0 atom stereocenters. The van der Waals surface area contributed by atoms with E-state index >= 15 is 0 Å². The molecule has 0 radical (unpaired) electrons. The van der Waals surface area contributed by atoms with Crippen molar-refractivity contribution in [1.29, 1.82) is 5.26 Å². The quantitative estimate of drug-likeness (QED) is 0.748. The third-order valence-electron chi connectivity index (χ3n) is 1.74. The average molecular weight is 198 g/mol. The Bertz CT molecular complexity index is 384. The molecule has 0 spiro atoms. The average Bonchev–Trinajstić information content (AvgIpc) is 2.10. The molecule has 6 heteroatoms. The molecule has 4 N–H and O–H groups in total. The highest BCUT2D eigenvalue weighted by Crippen LogP contribution is 2.31. The maximum absolute atomic E-state index is 12.4. The Morgan fingerprint density at radius 3 is 2.64 bits per heavy atom. The molecular weight excluding hydrogens is 190 g/mol. The molecule has 0 bridgehead atoms. The molecular formula is C8H8F2N4. The minimum Gasteiger partial charge on any atom is -0.397 e. The van der Waals surface area contributed by atoms with Gasteiger partial charge in [0.25, 0.3) is 6.43 Å². The van der Waals surface area contributed by atoms with Crippen LogP contribution in [0.3, 0.4) is 0 Å². The number of nitriles is 1. The van der Waals surface area contributed by atoms with Gasteiger partial charge in [-0.3, -0.25) is 4.98 Å². The molecule has 1 aromatic rings. The molecule has 14 heavy (non-hydrogen) atoms. The maximum Gasteiger partial charge on any atom is 0.267 e. The molecule has 1 aromatic heterocycles. The zero-order valence-corrected chi connectivity index (χ0v) is 7.17. The third-order valence-corrected chi connectivity index (χ3v) is 1.74. The molecule has 0 amide bonds. The van der Waals surface area contributed by atoms with Gasteiger partial charge in [-0.15, -0.1) is 0 Å². The van der Waals surface area contributed by atoms with Gasteiger partial charge in [-0.1, -0.05) is 0 Å². The van der Waals surface area contributed by atoms with Crippen LogP contribution in [0.2, 0.25) is 0 Å². The fourth-order valence-electron chi connectivity index (χ4n) is 1.06. The first-order valence-electron chi connectivity index (χ1n) is 3.75. The smallest absolute Gasteiger partial charge is 0.267 e. The van der Waals surface area contributed by atoms with Crippen molar-refractivity contribution < 1.29 is 8.78 Å². The number of anilines is 2. The topological polar surface area (TPSA) is 88.7 Å². The van der Waals surface area contributed by atoms with Gasteiger partial charge in [0.15, 0.2) is 0 Å². The standard InChI is InChI=1S/C8H8F2N4/c9-8(10)6-4(12)3-14-5(1-2-11)7(6)13/h3,8H,1,12-13H2. The lowest BCUT2D eigenvalue weighted by Crippen LogP contribution is -2.06. The van der Waals surface area contributed by atoms with E-state index < -0.39 is 12.0 Å². The van der Waals surface area contributed by atoms with Gasteiger partial charge >= 0.3 is 0 Å². The number of halogens is 2. The number of pyridine rings is 1. The Kier molecular flexibility index (Phi) is 2.82. The summed E-state index contributed by atoms with van der Waals surface area (Å²) in [5, 5.41) is 8.38. The molecule has 1 heterocycles. The second-order valence-corrected chi connectivity index (χ2v) is 2.62. The number of nitrogen functional groups attached to an aromatic ring is 2. The molecule has 74 valence electrons. The Balaban J connectivity index is 3.28. The second-order valence-electron chi connectivity index (χ2n) is 2.62. The summed E-state index contributed by atoms with van der Waals surface area (Å²) in [5.74, 6) is 0.